The molecule has 96 valence electrons. The van der Waals surface area contributed by atoms with Gasteiger partial charge in [-0.15, -0.1) is 0 Å². The molecule has 1 aromatic carbocycles. The molecule has 0 fully saturated rings. The van der Waals surface area contributed by atoms with Crippen molar-refractivity contribution in [2.24, 2.45) is 0 Å². The SMILES string of the molecule is Cc1nn(COc2ccc(Cl)c(Cl)c2)c(C)c1N. The van der Waals surface area contributed by atoms with Crippen molar-refractivity contribution in [3.8, 4) is 5.75 Å². The third kappa shape index (κ3) is 2.54. The summed E-state index contributed by atoms with van der Waals surface area (Å²) in [6.45, 7) is 4.04. The van der Waals surface area contributed by atoms with Crippen LogP contribution in [0.2, 0.25) is 10.0 Å². The molecule has 0 saturated carbocycles. The van der Waals surface area contributed by atoms with E-state index < -0.39 is 0 Å². The molecule has 0 atom stereocenters. The van der Waals surface area contributed by atoms with Gasteiger partial charge in [0.25, 0.3) is 0 Å². The van der Waals surface area contributed by atoms with Gasteiger partial charge in [-0.1, -0.05) is 23.2 Å². The van der Waals surface area contributed by atoms with Gasteiger partial charge >= 0.3 is 0 Å². The molecule has 0 amide bonds. The monoisotopic (exact) mass is 285 g/mol. The fourth-order valence-corrected chi connectivity index (χ4v) is 1.83. The third-order valence-electron chi connectivity index (χ3n) is 2.68. The van der Waals surface area contributed by atoms with Gasteiger partial charge in [-0.3, -0.25) is 0 Å². The summed E-state index contributed by atoms with van der Waals surface area (Å²) < 4.78 is 7.28. The topological polar surface area (TPSA) is 53.1 Å². The summed E-state index contributed by atoms with van der Waals surface area (Å²) in [5.41, 5.74) is 8.20. The van der Waals surface area contributed by atoms with Crippen LogP contribution in [-0.4, -0.2) is 9.78 Å². The number of nitrogens with zero attached hydrogens (tertiary/aromatic N) is 2. The molecule has 0 bridgehead atoms. The number of rotatable bonds is 3. The van der Waals surface area contributed by atoms with E-state index in [-0.39, 0.29) is 6.73 Å². The molecular formula is C12H13Cl2N3O. The molecule has 0 unspecified atom stereocenters. The Hall–Kier alpha value is -1.39. The second kappa shape index (κ2) is 5.08. The van der Waals surface area contributed by atoms with Crippen LogP contribution in [-0.2, 0) is 6.73 Å². The van der Waals surface area contributed by atoms with E-state index in [9.17, 15) is 0 Å². The average molecular weight is 286 g/mol. The third-order valence-corrected chi connectivity index (χ3v) is 3.42. The Labute approximate surface area is 115 Å². The minimum Gasteiger partial charge on any atom is -0.471 e. The minimum absolute atomic E-state index is 0.280. The van der Waals surface area contributed by atoms with Crippen molar-refractivity contribution in [3.63, 3.8) is 0 Å². The second-order valence-electron chi connectivity index (χ2n) is 3.93. The molecule has 0 aliphatic rings. The van der Waals surface area contributed by atoms with Crippen LogP contribution in [0.1, 0.15) is 11.4 Å². The second-order valence-corrected chi connectivity index (χ2v) is 4.75. The summed E-state index contributed by atoms with van der Waals surface area (Å²) in [6.07, 6.45) is 0. The molecular weight excluding hydrogens is 273 g/mol. The molecule has 2 aromatic rings. The highest BCUT2D eigenvalue weighted by atomic mass is 35.5. The first-order valence-corrected chi connectivity index (χ1v) is 6.12. The van der Waals surface area contributed by atoms with Crippen molar-refractivity contribution in [1.29, 1.82) is 0 Å². The molecule has 2 N–H and O–H groups in total. The lowest BCUT2D eigenvalue weighted by Crippen LogP contribution is -2.08. The van der Waals surface area contributed by atoms with Gasteiger partial charge in [0.1, 0.15) is 5.75 Å². The standard InChI is InChI=1S/C12H13Cl2N3O/c1-7-12(15)8(2)17(16-7)6-18-9-3-4-10(13)11(14)5-9/h3-5H,6,15H2,1-2H3. The van der Waals surface area contributed by atoms with Crippen LogP contribution in [0.3, 0.4) is 0 Å². The average Bonchev–Trinajstić information content (AvgIpc) is 2.58. The molecule has 1 heterocycles. The molecule has 0 saturated heterocycles. The molecule has 18 heavy (non-hydrogen) atoms. The number of aryl methyl sites for hydroxylation is 1. The van der Waals surface area contributed by atoms with E-state index in [1.54, 1.807) is 22.9 Å². The number of aromatic nitrogens is 2. The zero-order chi connectivity index (χ0) is 13.3. The Morgan fingerprint density at radius 1 is 1.28 bits per heavy atom. The van der Waals surface area contributed by atoms with Crippen molar-refractivity contribution >= 4 is 28.9 Å². The lowest BCUT2D eigenvalue weighted by molar-refractivity contribution is 0.218. The van der Waals surface area contributed by atoms with Crippen LogP contribution in [0.15, 0.2) is 18.2 Å². The van der Waals surface area contributed by atoms with E-state index in [4.69, 9.17) is 33.7 Å². The van der Waals surface area contributed by atoms with Crippen molar-refractivity contribution in [2.75, 3.05) is 5.73 Å². The fourth-order valence-electron chi connectivity index (χ4n) is 1.54. The smallest absolute Gasteiger partial charge is 0.181 e. The van der Waals surface area contributed by atoms with Gasteiger partial charge < -0.3 is 10.5 Å². The van der Waals surface area contributed by atoms with E-state index in [0.29, 0.717) is 21.5 Å². The van der Waals surface area contributed by atoms with Crippen LogP contribution in [0, 0.1) is 13.8 Å². The molecule has 0 spiro atoms. The van der Waals surface area contributed by atoms with E-state index >= 15 is 0 Å². The zero-order valence-electron chi connectivity index (χ0n) is 10.1. The van der Waals surface area contributed by atoms with E-state index in [2.05, 4.69) is 5.10 Å². The van der Waals surface area contributed by atoms with Crippen LogP contribution in [0.25, 0.3) is 0 Å². The maximum absolute atomic E-state index is 5.90. The summed E-state index contributed by atoms with van der Waals surface area (Å²) in [6, 6.07) is 5.11. The molecule has 0 aliphatic heterocycles. The van der Waals surface area contributed by atoms with E-state index in [1.807, 2.05) is 13.8 Å². The maximum atomic E-state index is 5.90. The number of nitrogen functional groups attached to an aromatic ring is 1. The highest BCUT2D eigenvalue weighted by Crippen LogP contribution is 2.26. The lowest BCUT2D eigenvalue weighted by Gasteiger charge is -2.08. The number of ether oxygens (including phenoxy) is 1. The molecule has 2 rings (SSSR count). The molecule has 0 aliphatic carbocycles. The summed E-state index contributed by atoms with van der Waals surface area (Å²) in [5.74, 6) is 0.635. The molecule has 4 nitrogen and oxygen atoms in total. The summed E-state index contributed by atoms with van der Waals surface area (Å²) in [5, 5.41) is 5.23. The highest BCUT2D eigenvalue weighted by Gasteiger charge is 2.08. The van der Waals surface area contributed by atoms with Gasteiger partial charge in [-0.2, -0.15) is 5.10 Å². The predicted octanol–water partition coefficient (Wildman–Crippen LogP) is 3.43. The normalized spacial score (nSPS) is 10.7. The Bertz CT molecular complexity index is 581. The van der Waals surface area contributed by atoms with Crippen LogP contribution in [0.4, 0.5) is 5.69 Å². The Morgan fingerprint density at radius 2 is 2.00 bits per heavy atom. The van der Waals surface area contributed by atoms with Gasteiger partial charge in [0.15, 0.2) is 6.73 Å². The Kier molecular flexibility index (Phi) is 3.68. The van der Waals surface area contributed by atoms with Gasteiger partial charge in [-0.05, 0) is 26.0 Å². The van der Waals surface area contributed by atoms with Gasteiger partial charge in [0.2, 0.25) is 0 Å². The molecule has 1 aromatic heterocycles. The van der Waals surface area contributed by atoms with Crippen molar-refractivity contribution in [3.05, 3.63) is 39.6 Å². The van der Waals surface area contributed by atoms with E-state index in [0.717, 1.165) is 11.4 Å². The lowest BCUT2D eigenvalue weighted by atomic mass is 10.3. The van der Waals surface area contributed by atoms with Crippen molar-refractivity contribution < 1.29 is 4.74 Å². The number of anilines is 1. The van der Waals surface area contributed by atoms with Crippen LogP contribution in [0.5, 0.6) is 5.75 Å². The van der Waals surface area contributed by atoms with E-state index in [1.165, 1.54) is 0 Å². The predicted molar refractivity (Wildman–Crippen MR) is 73.2 cm³/mol. The summed E-state index contributed by atoms with van der Waals surface area (Å²) >= 11 is 11.7. The van der Waals surface area contributed by atoms with Crippen LogP contribution >= 0.6 is 23.2 Å². The van der Waals surface area contributed by atoms with Crippen molar-refractivity contribution in [1.82, 2.24) is 9.78 Å². The fraction of sp³-hybridized carbons (Fsp3) is 0.250. The maximum Gasteiger partial charge on any atom is 0.181 e. The van der Waals surface area contributed by atoms with Gasteiger partial charge in [-0.25, -0.2) is 4.68 Å². The summed E-state index contributed by atoms with van der Waals surface area (Å²) in [4.78, 5) is 0. The largest absolute Gasteiger partial charge is 0.471 e. The van der Waals surface area contributed by atoms with Crippen LogP contribution < -0.4 is 10.5 Å². The number of nitrogens with two attached hydrogens (primary N) is 1. The van der Waals surface area contributed by atoms with Gasteiger partial charge in [0.05, 0.1) is 27.1 Å². The first-order chi connectivity index (χ1) is 8.49. The Balaban J connectivity index is 2.11. The Morgan fingerprint density at radius 3 is 2.56 bits per heavy atom. The first kappa shape index (κ1) is 13.1. The molecule has 0 radical (unpaired) electrons. The zero-order valence-corrected chi connectivity index (χ0v) is 11.6. The minimum atomic E-state index is 0.280. The number of halogens is 2. The number of benzene rings is 1. The number of hydrogen-bond acceptors (Lipinski definition) is 3. The van der Waals surface area contributed by atoms with Gasteiger partial charge in [0, 0.05) is 6.07 Å². The number of hydrogen-bond donors (Lipinski definition) is 1. The molecule has 6 heteroatoms. The highest BCUT2D eigenvalue weighted by molar-refractivity contribution is 6.42. The quantitative estimate of drug-likeness (QED) is 0.940. The first-order valence-electron chi connectivity index (χ1n) is 5.36. The van der Waals surface area contributed by atoms with Crippen molar-refractivity contribution in [2.45, 2.75) is 20.6 Å². The summed E-state index contributed by atoms with van der Waals surface area (Å²) in [7, 11) is 0.